The van der Waals surface area contributed by atoms with Gasteiger partial charge in [-0.05, 0) is 72.9 Å². The number of nitrogens with zero attached hydrogens (tertiary/aromatic N) is 3. The minimum absolute atomic E-state index is 0.117. The topological polar surface area (TPSA) is 84.4 Å². The molecule has 1 atom stereocenters. The van der Waals surface area contributed by atoms with E-state index >= 15 is 0 Å². The number of aromatic nitrogens is 2. The van der Waals surface area contributed by atoms with Gasteiger partial charge >= 0.3 is 6.09 Å². The van der Waals surface area contributed by atoms with Crippen molar-refractivity contribution in [3.63, 3.8) is 0 Å². The van der Waals surface area contributed by atoms with Crippen LogP contribution >= 0.6 is 0 Å². The summed E-state index contributed by atoms with van der Waals surface area (Å²) in [6.45, 7) is 1.03. The van der Waals surface area contributed by atoms with Crippen molar-refractivity contribution in [3.05, 3.63) is 90.3 Å². The zero-order valence-corrected chi connectivity index (χ0v) is 17.4. The predicted octanol–water partition coefficient (Wildman–Crippen LogP) is 4.00. The second-order valence-electron chi connectivity index (χ2n) is 7.61. The first-order valence-corrected chi connectivity index (χ1v) is 10.4. The van der Waals surface area contributed by atoms with Crippen molar-refractivity contribution in [2.75, 3.05) is 13.1 Å². The lowest BCUT2D eigenvalue weighted by molar-refractivity contribution is 0.0885. The molecular weight excluding hydrogens is 411 g/mol. The van der Waals surface area contributed by atoms with Gasteiger partial charge in [0.25, 0.3) is 5.91 Å². The van der Waals surface area contributed by atoms with E-state index in [4.69, 9.17) is 4.74 Å². The lowest BCUT2D eigenvalue weighted by Crippen LogP contribution is -2.44. The van der Waals surface area contributed by atoms with Crippen LogP contribution < -0.4 is 10.1 Å². The molecule has 32 heavy (non-hydrogen) atoms. The van der Waals surface area contributed by atoms with Gasteiger partial charge in [0.05, 0.1) is 6.04 Å². The van der Waals surface area contributed by atoms with Crippen LogP contribution in [0.3, 0.4) is 0 Å². The van der Waals surface area contributed by atoms with Crippen molar-refractivity contribution in [1.29, 1.82) is 0 Å². The third-order valence-corrected chi connectivity index (χ3v) is 5.58. The molecule has 0 radical (unpaired) electrons. The number of nitrogens with one attached hydrogen (secondary N) is 1. The molecule has 3 aromatic rings. The number of carbonyl (C=O) groups excluding carboxylic acids is 2. The number of likely N-dealkylation sites (tertiary alicyclic amines) is 1. The highest BCUT2D eigenvalue weighted by Crippen LogP contribution is 2.31. The van der Waals surface area contributed by atoms with Gasteiger partial charge in [-0.25, -0.2) is 9.18 Å². The number of rotatable bonds is 5. The maximum Gasteiger partial charge on any atom is 0.415 e. The molecule has 1 N–H and O–H groups in total. The molecule has 1 saturated heterocycles. The number of piperidine rings is 1. The predicted molar refractivity (Wildman–Crippen MR) is 115 cm³/mol. The Bertz CT molecular complexity index is 1040. The van der Waals surface area contributed by atoms with Crippen LogP contribution in [0.5, 0.6) is 5.75 Å². The highest BCUT2D eigenvalue weighted by atomic mass is 19.1. The number of ether oxygens (including phenoxy) is 1. The Labute approximate surface area is 185 Å². The molecule has 8 heteroatoms. The second-order valence-corrected chi connectivity index (χ2v) is 7.61. The van der Waals surface area contributed by atoms with E-state index in [1.54, 1.807) is 41.8 Å². The molecule has 0 saturated carbocycles. The summed E-state index contributed by atoms with van der Waals surface area (Å²) in [5.41, 5.74) is 1.33. The number of pyridine rings is 2. The zero-order chi connectivity index (χ0) is 22.3. The highest BCUT2D eigenvalue weighted by molar-refractivity contribution is 5.94. The van der Waals surface area contributed by atoms with Gasteiger partial charge in [0, 0.05) is 43.4 Å². The first kappa shape index (κ1) is 21.4. The van der Waals surface area contributed by atoms with E-state index in [0.717, 1.165) is 5.56 Å². The van der Waals surface area contributed by atoms with Crippen LogP contribution in [0, 0.1) is 11.7 Å². The maximum absolute atomic E-state index is 13.2. The van der Waals surface area contributed by atoms with Gasteiger partial charge in [-0.15, -0.1) is 0 Å². The molecule has 1 aliphatic rings. The van der Waals surface area contributed by atoms with Crippen LogP contribution in [-0.4, -0.2) is 40.0 Å². The largest absolute Gasteiger partial charge is 0.415 e. The van der Waals surface area contributed by atoms with Crippen LogP contribution in [0.15, 0.2) is 73.3 Å². The fourth-order valence-corrected chi connectivity index (χ4v) is 3.86. The molecule has 3 heterocycles. The van der Waals surface area contributed by atoms with Crippen molar-refractivity contribution in [2.45, 2.75) is 18.9 Å². The number of hydrogen-bond acceptors (Lipinski definition) is 5. The van der Waals surface area contributed by atoms with Gasteiger partial charge in [-0.3, -0.25) is 14.8 Å². The molecule has 0 aliphatic carbocycles. The van der Waals surface area contributed by atoms with Gasteiger partial charge in [-0.2, -0.15) is 0 Å². The van der Waals surface area contributed by atoms with Gasteiger partial charge in [0.15, 0.2) is 0 Å². The Morgan fingerprint density at radius 2 is 1.53 bits per heavy atom. The molecule has 7 nitrogen and oxygen atoms in total. The normalized spacial score (nSPS) is 15.1. The van der Waals surface area contributed by atoms with Crippen LogP contribution in [0.4, 0.5) is 9.18 Å². The quantitative estimate of drug-likeness (QED) is 0.656. The molecule has 2 amide bonds. The zero-order valence-electron chi connectivity index (χ0n) is 17.4. The van der Waals surface area contributed by atoms with E-state index < -0.39 is 11.9 Å². The molecule has 1 aromatic carbocycles. The summed E-state index contributed by atoms with van der Waals surface area (Å²) in [7, 11) is 0. The molecule has 0 spiro atoms. The summed E-state index contributed by atoms with van der Waals surface area (Å²) in [4.78, 5) is 34.9. The van der Waals surface area contributed by atoms with Crippen molar-refractivity contribution in [2.24, 2.45) is 5.92 Å². The van der Waals surface area contributed by atoms with Crippen LogP contribution in [0.25, 0.3) is 0 Å². The van der Waals surface area contributed by atoms with E-state index in [1.165, 1.54) is 24.3 Å². The minimum atomic E-state index is -0.398. The number of hydrogen-bond donors (Lipinski definition) is 1. The third kappa shape index (κ3) is 5.26. The van der Waals surface area contributed by atoms with Crippen LogP contribution in [0.2, 0.25) is 0 Å². The summed E-state index contributed by atoms with van der Waals surface area (Å²) >= 11 is 0. The van der Waals surface area contributed by atoms with E-state index in [2.05, 4.69) is 15.3 Å². The van der Waals surface area contributed by atoms with E-state index in [1.807, 2.05) is 12.1 Å². The summed E-state index contributed by atoms with van der Waals surface area (Å²) in [5.74, 6) is -0.0929. The Balaban J connectivity index is 1.43. The molecule has 0 bridgehead atoms. The Morgan fingerprint density at radius 1 is 0.938 bits per heavy atom. The fourth-order valence-electron chi connectivity index (χ4n) is 3.86. The van der Waals surface area contributed by atoms with Crippen molar-refractivity contribution < 1.29 is 18.7 Å². The standard InChI is InChI=1S/C24H23FN4O3/c25-20-3-1-19(2-4-20)23(30)28-22(17-5-11-26-12-6-17)18-9-15-29(16-10-18)24(31)32-21-7-13-27-14-8-21/h1-8,11-14,18,22H,9-10,15-16H2,(H,28,30). The fraction of sp³-hybridized carbons (Fsp3) is 0.250. The molecule has 164 valence electrons. The third-order valence-electron chi connectivity index (χ3n) is 5.58. The van der Waals surface area contributed by atoms with Crippen LogP contribution in [0.1, 0.15) is 34.8 Å². The number of carbonyl (C=O) groups is 2. The Kier molecular flexibility index (Phi) is 6.69. The Hall–Kier alpha value is -3.81. The van der Waals surface area contributed by atoms with Gasteiger partial charge in [0.1, 0.15) is 11.6 Å². The highest BCUT2D eigenvalue weighted by Gasteiger charge is 2.31. The summed E-state index contributed by atoms with van der Waals surface area (Å²) < 4.78 is 18.6. The SMILES string of the molecule is O=C(NC(c1ccncc1)C1CCN(C(=O)Oc2ccncc2)CC1)c1ccc(F)cc1. The van der Waals surface area contributed by atoms with Crippen molar-refractivity contribution in [1.82, 2.24) is 20.2 Å². The summed E-state index contributed by atoms with van der Waals surface area (Å²) in [5, 5.41) is 3.09. The minimum Gasteiger partial charge on any atom is -0.410 e. The van der Waals surface area contributed by atoms with Crippen molar-refractivity contribution in [3.8, 4) is 5.75 Å². The summed E-state index contributed by atoms with van der Waals surface area (Å²) in [6, 6.07) is 12.2. The molecule has 4 rings (SSSR count). The van der Waals surface area contributed by atoms with E-state index in [-0.39, 0.29) is 17.9 Å². The smallest absolute Gasteiger partial charge is 0.410 e. The van der Waals surface area contributed by atoms with E-state index in [9.17, 15) is 14.0 Å². The molecule has 1 fully saturated rings. The molecular formula is C24H23FN4O3. The average Bonchev–Trinajstić information content (AvgIpc) is 2.84. The molecule has 2 aromatic heterocycles. The van der Waals surface area contributed by atoms with Gasteiger partial charge in [-0.1, -0.05) is 0 Å². The van der Waals surface area contributed by atoms with Crippen molar-refractivity contribution >= 4 is 12.0 Å². The lowest BCUT2D eigenvalue weighted by atomic mass is 9.85. The molecule has 1 aliphatic heterocycles. The van der Waals surface area contributed by atoms with Crippen LogP contribution in [-0.2, 0) is 0 Å². The monoisotopic (exact) mass is 434 g/mol. The molecule has 1 unspecified atom stereocenters. The lowest BCUT2D eigenvalue weighted by Gasteiger charge is -2.36. The number of halogens is 1. The average molecular weight is 434 g/mol. The first-order chi connectivity index (χ1) is 15.6. The van der Waals surface area contributed by atoms with Gasteiger partial charge in [0.2, 0.25) is 0 Å². The first-order valence-electron chi connectivity index (χ1n) is 10.4. The Morgan fingerprint density at radius 3 is 2.16 bits per heavy atom. The second kappa shape index (κ2) is 10.00. The maximum atomic E-state index is 13.2. The van der Waals surface area contributed by atoms with Gasteiger partial charge < -0.3 is 15.0 Å². The summed E-state index contributed by atoms with van der Waals surface area (Å²) in [6.07, 6.45) is 7.51. The van der Waals surface area contributed by atoms with E-state index in [0.29, 0.717) is 37.2 Å². The number of benzene rings is 1. The number of amides is 2.